The van der Waals surface area contributed by atoms with Crippen molar-refractivity contribution in [3.05, 3.63) is 34.3 Å². The standard InChI is InChI=1S/C9H10N2/c1-6-5-9(10-4)11-8(3)7(6)2/h5H,1-3H3. The largest absolute Gasteiger partial charge is 0.361 e. The first-order valence-electron chi connectivity index (χ1n) is 3.47. The van der Waals surface area contributed by atoms with E-state index < -0.39 is 0 Å². The average Bonchev–Trinajstić information content (AvgIpc) is 1.99. The number of aromatic nitrogens is 1. The zero-order valence-corrected chi connectivity index (χ0v) is 6.97. The van der Waals surface area contributed by atoms with Gasteiger partial charge in [-0.3, -0.25) is 0 Å². The number of hydrogen-bond acceptors (Lipinski definition) is 1. The molecule has 0 saturated heterocycles. The predicted octanol–water partition coefficient (Wildman–Crippen LogP) is 2.56. The molecule has 0 aliphatic heterocycles. The maximum absolute atomic E-state index is 6.77. The van der Waals surface area contributed by atoms with Crippen molar-refractivity contribution in [2.75, 3.05) is 0 Å². The Hall–Kier alpha value is -1.36. The van der Waals surface area contributed by atoms with Crippen molar-refractivity contribution in [3.8, 4) is 0 Å². The van der Waals surface area contributed by atoms with E-state index in [2.05, 4.69) is 9.83 Å². The lowest BCUT2D eigenvalue weighted by Crippen LogP contribution is -1.89. The molecule has 0 atom stereocenters. The fraction of sp³-hybridized carbons (Fsp3) is 0.333. The molecule has 1 aromatic heterocycles. The summed E-state index contributed by atoms with van der Waals surface area (Å²) >= 11 is 0. The van der Waals surface area contributed by atoms with E-state index in [0.717, 1.165) is 11.3 Å². The third kappa shape index (κ3) is 1.38. The summed E-state index contributed by atoms with van der Waals surface area (Å²) in [5.74, 6) is 0.491. The normalized spacial score (nSPS) is 9.27. The van der Waals surface area contributed by atoms with Gasteiger partial charge in [0.25, 0.3) is 5.82 Å². The van der Waals surface area contributed by atoms with E-state index in [1.807, 2.05) is 26.8 Å². The van der Waals surface area contributed by atoms with Gasteiger partial charge in [-0.25, -0.2) is 0 Å². The summed E-state index contributed by atoms with van der Waals surface area (Å²) in [7, 11) is 0. The molecule has 0 spiro atoms. The van der Waals surface area contributed by atoms with Crippen molar-refractivity contribution in [1.29, 1.82) is 0 Å². The van der Waals surface area contributed by atoms with Crippen molar-refractivity contribution < 1.29 is 0 Å². The highest BCUT2D eigenvalue weighted by Gasteiger charge is 2.03. The summed E-state index contributed by atoms with van der Waals surface area (Å²) in [4.78, 5) is 7.37. The molecule has 0 bridgehead atoms. The number of rotatable bonds is 0. The van der Waals surface area contributed by atoms with Crippen LogP contribution in [0.2, 0.25) is 0 Å². The molecule has 0 radical (unpaired) electrons. The lowest BCUT2D eigenvalue weighted by atomic mass is 10.1. The Bertz CT molecular complexity index is 298. The summed E-state index contributed by atoms with van der Waals surface area (Å²) in [5, 5.41) is 0. The van der Waals surface area contributed by atoms with Crippen molar-refractivity contribution in [1.82, 2.24) is 4.98 Å². The first-order chi connectivity index (χ1) is 5.15. The van der Waals surface area contributed by atoms with Gasteiger partial charge in [-0.15, -0.1) is 4.98 Å². The molecular weight excluding hydrogens is 136 g/mol. The van der Waals surface area contributed by atoms with Crippen LogP contribution < -0.4 is 0 Å². The van der Waals surface area contributed by atoms with Crippen LogP contribution in [-0.2, 0) is 0 Å². The second kappa shape index (κ2) is 2.71. The highest BCUT2D eigenvalue weighted by atomic mass is 14.9. The minimum atomic E-state index is 0.491. The Morgan fingerprint density at radius 3 is 2.45 bits per heavy atom. The number of pyridine rings is 1. The number of nitrogens with zero attached hydrogens (tertiary/aromatic N) is 2. The summed E-state index contributed by atoms with van der Waals surface area (Å²) in [6, 6.07) is 1.81. The Balaban J connectivity index is 3.35. The van der Waals surface area contributed by atoms with Crippen molar-refractivity contribution >= 4 is 5.82 Å². The van der Waals surface area contributed by atoms with E-state index in [0.29, 0.717) is 5.82 Å². The van der Waals surface area contributed by atoms with Crippen LogP contribution in [0.4, 0.5) is 5.82 Å². The molecule has 0 aliphatic carbocycles. The van der Waals surface area contributed by atoms with Crippen molar-refractivity contribution in [3.63, 3.8) is 0 Å². The topological polar surface area (TPSA) is 17.2 Å². The van der Waals surface area contributed by atoms with Gasteiger partial charge < -0.3 is 4.85 Å². The zero-order valence-electron chi connectivity index (χ0n) is 6.97. The second-order valence-electron chi connectivity index (χ2n) is 2.62. The van der Waals surface area contributed by atoms with Crippen LogP contribution in [0.5, 0.6) is 0 Å². The van der Waals surface area contributed by atoms with Crippen LogP contribution in [0.15, 0.2) is 6.07 Å². The fourth-order valence-corrected chi connectivity index (χ4v) is 0.932. The van der Waals surface area contributed by atoms with Gasteiger partial charge in [0, 0.05) is 6.92 Å². The van der Waals surface area contributed by atoms with Gasteiger partial charge in [0.2, 0.25) is 0 Å². The monoisotopic (exact) mass is 146 g/mol. The minimum absolute atomic E-state index is 0.491. The number of hydrogen-bond donors (Lipinski definition) is 0. The van der Waals surface area contributed by atoms with Crippen LogP contribution in [0, 0.1) is 27.3 Å². The first-order valence-corrected chi connectivity index (χ1v) is 3.47. The summed E-state index contributed by atoms with van der Waals surface area (Å²) in [6.45, 7) is 12.7. The molecular formula is C9H10N2. The third-order valence-electron chi connectivity index (χ3n) is 1.88. The van der Waals surface area contributed by atoms with Gasteiger partial charge in [0.15, 0.2) is 0 Å². The molecule has 0 amide bonds. The lowest BCUT2D eigenvalue weighted by molar-refractivity contribution is 1.13. The first kappa shape index (κ1) is 7.74. The second-order valence-corrected chi connectivity index (χ2v) is 2.62. The van der Waals surface area contributed by atoms with E-state index in [1.165, 1.54) is 5.56 Å². The van der Waals surface area contributed by atoms with Gasteiger partial charge in [-0.1, -0.05) is 12.1 Å². The maximum atomic E-state index is 6.77. The van der Waals surface area contributed by atoms with Gasteiger partial charge in [-0.05, 0) is 25.5 Å². The minimum Gasteiger partial charge on any atom is -0.361 e. The van der Waals surface area contributed by atoms with Gasteiger partial charge in [0.1, 0.15) is 5.69 Å². The molecule has 11 heavy (non-hydrogen) atoms. The van der Waals surface area contributed by atoms with Crippen molar-refractivity contribution in [2.24, 2.45) is 0 Å². The Labute approximate surface area is 66.7 Å². The maximum Gasteiger partial charge on any atom is 0.270 e. The van der Waals surface area contributed by atoms with Crippen LogP contribution in [-0.4, -0.2) is 4.98 Å². The van der Waals surface area contributed by atoms with E-state index >= 15 is 0 Å². The van der Waals surface area contributed by atoms with Crippen molar-refractivity contribution in [2.45, 2.75) is 20.8 Å². The highest BCUT2D eigenvalue weighted by Crippen LogP contribution is 2.16. The summed E-state index contributed by atoms with van der Waals surface area (Å²) in [6.07, 6.45) is 0. The van der Waals surface area contributed by atoms with E-state index in [9.17, 15) is 0 Å². The fourth-order valence-electron chi connectivity index (χ4n) is 0.932. The molecule has 1 heterocycles. The van der Waals surface area contributed by atoms with E-state index in [4.69, 9.17) is 6.57 Å². The van der Waals surface area contributed by atoms with Gasteiger partial charge in [0.05, 0.1) is 0 Å². The Kier molecular flexibility index (Phi) is 1.91. The molecule has 0 aromatic carbocycles. The molecule has 56 valence electrons. The quantitative estimate of drug-likeness (QED) is 0.514. The van der Waals surface area contributed by atoms with E-state index in [1.54, 1.807) is 0 Å². The molecule has 2 nitrogen and oxygen atoms in total. The zero-order chi connectivity index (χ0) is 8.43. The van der Waals surface area contributed by atoms with Crippen LogP contribution in [0.25, 0.3) is 4.85 Å². The van der Waals surface area contributed by atoms with E-state index in [-0.39, 0.29) is 0 Å². The molecule has 0 fully saturated rings. The van der Waals surface area contributed by atoms with Gasteiger partial charge in [-0.2, -0.15) is 0 Å². The highest BCUT2D eigenvalue weighted by molar-refractivity contribution is 5.43. The molecule has 1 aromatic rings. The summed E-state index contributed by atoms with van der Waals surface area (Å²) < 4.78 is 0. The predicted molar refractivity (Wildman–Crippen MR) is 44.7 cm³/mol. The molecule has 0 saturated carbocycles. The Morgan fingerprint density at radius 1 is 1.36 bits per heavy atom. The van der Waals surface area contributed by atoms with Gasteiger partial charge >= 0.3 is 0 Å². The molecule has 1 rings (SSSR count). The molecule has 2 heteroatoms. The SMILES string of the molecule is [C-]#[N+]c1cc(C)c(C)c(C)n1. The van der Waals surface area contributed by atoms with Crippen LogP contribution >= 0.6 is 0 Å². The lowest BCUT2D eigenvalue weighted by Gasteiger charge is -1.99. The summed E-state index contributed by atoms with van der Waals surface area (Å²) in [5.41, 5.74) is 3.27. The average molecular weight is 146 g/mol. The smallest absolute Gasteiger partial charge is 0.270 e. The molecule has 0 aliphatic rings. The third-order valence-corrected chi connectivity index (χ3v) is 1.88. The molecule has 0 N–H and O–H groups in total. The number of aryl methyl sites for hydroxylation is 2. The Morgan fingerprint density at radius 2 is 2.00 bits per heavy atom. The molecule has 0 unspecified atom stereocenters. The van der Waals surface area contributed by atoms with Crippen LogP contribution in [0.3, 0.4) is 0 Å². The van der Waals surface area contributed by atoms with Crippen LogP contribution in [0.1, 0.15) is 16.8 Å².